The van der Waals surface area contributed by atoms with Crippen molar-refractivity contribution < 1.29 is 4.74 Å². The van der Waals surface area contributed by atoms with E-state index in [0.29, 0.717) is 11.5 Å². The number of hydrogen-bond donors (Lipinski definition) is 1. The van der Waals surface area contributed by atoms with Gasteiger partial charge in [-0.3, -0.25) is 0 Å². The average molecular weight is 214 g/mol. The van der Waals surface area contributed by atoms with Crippen molar-refractivity contribution in [1.82, 2.24) is 10.2 Å². The van der Waals surface area contributed by atoms with Crippen LogP contribution in [0.1, 0.15) is 27.2 Å². The van der Waals surface area contributed by atoms with Gasteiger partial charge in [0, 0.05) is 31.2 Å². The summed E-state index contributed by atoms with van der Waals surface area (Å²) >= 11 is 0. The molecule has 3 heteroatoms. The molecule has 1 atom stereocenters. The van der Waals surface area contributed by atoms with Gasteiger partial charge in [-0.25, -0.2) is 0 Å². The Morgan fingerprint density at radius 1 is 1.47 bits per heavy atom. The van der Waals surface area contributed by atoms with E-state index in [0.717, 1.165) is 32.8 Å². The summed E-state index contributed by atoms with van der Waals surface area (Å²) in [5.74, 6) is 0. The average Bonchev–Trinajstić information content (AvgIpc) is 2.64. The Morgan fingerprint density at radius 2 is 2.20 bits per heavy atom. The fourth-order valence-electron chi connectivity index (χ4n) is 2.07. The van der Waals surface area contributed by atoms with Crippen LogP contribution in [0.2, 0.25) is 0 Å². The van der Waals surface area contributed by atoms with Crippen LogP contribution < -0.4 is 5.32 Å². The number of hydrogen-bond acceptors (Lipinski definition) is 3. The van der Waals surface area contributed by atoms with E-state index in [1.165, 1.54) is 6.42 Å². The molecule has 0 aromatic rings. The zero-order valence-electron chi connectivity index (χ0n) is 10.7. The molecule has 1 aliphatic rings. The first kappa shape index (κ1) is 12.9. The molecular formula is C12H26N2O. The van der Waals surface area contributed by atoms with Gasteiger partial charge in [0.2, 0.25) is 0 Å². The maximum atomic E-state index is 5.57. The maximum absolute atomic E-state index is 5.57. The first-order valence-electron chi connectivity index (χ1n) is 6.08. The molecule has 0 bridgehead atoms. The highest BCUT2D eigenvalue weighted by atomic mass is 16.5. The number of rotatable bonds is 6. The lowest BCUT2D eigenvalue weighted by molar-refractivity contribution is 0.108. The van der Waals surface area contributed by atoms with Crippen molar-refractivity contribution in [2.45, 2.75) is 33.2 Å². The molecule has 1 rings (SSSR count). The Labute approximate surface area is 94.2 Å². The second-order valence-electron chi connectivity index (χ2n) is 5.09. The molecule has 0 aromatic heterocycles. The van der Waals surface area contributed by atoms with Crippen molar-refractivity contribution in [3.05, 3.63) is 0 Å². The molecule has 1 aliphatic heterocycles. The minimum absolute atomic E-state index is 0.342. The summed E-state index contributed by atoms with van der Waals surface area (Å²) in [6.07, 6.45) is 1.19. The largest absolute Gasteiger partial charge is 0.381 e. The van der Waals surface area contributed by atoms with Crippen LogP contribution in [0.4, 0.5) is 0 Å². The lowest BCUT2D eigenvalue weighted by Gasteiger charge is -2.34. The first-order valence-corrected chi connectivity index (χ1v) is 6.08. The van der Waals surface area contributed by atoms with Crippen molar-refractivity contribution in [2.24, 2.45) is 5.41 Å². The summed E-state index contributed by atoms with van der Waals surface area (Å²) in [5.41, 5.74) is 0.342. The van der Waals surface area contributed by atoms with Crippen molar-refractivity contribution in [3.63, 3.8) is 0 Å². The quantitative estimate of drug-likeness (QED) is 0.722. The third-order valence-electron chi connectivity index (χ3n) is 3.40. The maximum Gasteiger partial charge on any atom is 0.0547 e. The van der Waals surface area contributed by atoms with Crippen LogP contribution in [0, 0.1) is 5.41 Å². The molecule has 1 saturated heterocycles. The summed E-state index contributed by atoms with van der Waals surface area (Å²) in [7, 11) is 2.21. The summed E-state index contributed by atoms with van der Waals surface area (Å²) in [4.78, 5) is 2.42. The predicted molar refractivity (Wildman–Crippen MR) is 64.2 cm³/mol. The molecule has 0 radical (unpaired) electrons. The Bertz CT molecular complexity index is 176. The molecular weight excluding hydrogens is 188 g/mol. The van der Waals surface area contributed by atoms with Gasteiger partial charge in [0.25, 0.3) is 0 Å². The van der Waals surface area contributed by atoms with E-state index in [4.69, 9.17) is 4.74 Å². The van der Waals surface area contributed by atoms with Crippen molar-refractivity contribution in [3.8, 4) is 0 Å². The molecule has 0 aliphatic carbocycles. The normalized spacial score (nSPS) is 26.8. The van der Waals surface area contributed by atoms with E-state index in [2.05, 4.69) is 38.0 Å². The van der Waals surface area contributed by atoms with E-state index in [9.17, 15) is 0 Å². The third kappa shape index (κ3) is 3.74. The molecule has 0 amide bonds. The monoisotopic (exact) mass is 214 g/mol. The highest BCUT2D eigenvalue weighted by molar-refractivity contribution is 4.88. The molecule has 15 heavy (non-hydrogen) atoms. The zero-order valence-corrected chi connectivity index (χ0v) is 10.7. The molecule has 1 unspecified atom stereocenters. The Balaban J connectivity index is 2.49. The van der Waals surface area contributed by atoms with Crippen LogP contribution >= 0.6 is 0 Å². The van der Waals surface area contributed by atoms with Crippen LogP contribution in [0.5, 0.6) is 0 Å². The van der Waals surface area contributed by atoms with Gasteiger partial charge in [-0.05, 0) is 33.9 Å². The van der Waals surface area contributed by atoms with Crippen LogP contribution in [0.3, 0.4) is 0 Å². The molecule has 90 valence electrons. The van der Waals surface area contributed by atoms with Gasteiger partial charge in [0.15, 0.2) is 0 Å². The van der Waals surface area contributed by atoms with Gasteiger partial charge in [-0.1, -0.05) is 6.92 Å². The molecule has 0 saturated carbocycles. The fraction of sp³-hybridized carbons (Fsp3) is 1.00. The Kier molecular flexibility index (Phi) is 5.03. The fourth-order valence-corrected chi connectivity index (χ4v) is 2.07. The number of nitrogens with zero attached hydrogens (tertiary/aromatic N) is 1. The smallest absolute Gasteiger partial charge is 0.0547 e. The van der Waals surface area contributed by atoms with Gasteiger partial charge < -0.3 is 15.0 Å². The van der Waals surface area contributed by atoms with Gasteiger partial charge in [0.1, 0.15) is 0 Å². The van der Waals surface area contributed by atoms with Crippen molar-refractivity contribution in [2.75, 3.05) is 39.9 Å². The van der Waals surface area contributed by atoms with E-state index < -0.39 is 0 Å². The van der Waals surface area contributed by atoms with Crippen LogP contribution in [-0.4, -0.2) is 50.8 Å². The van der Waals surface area contributed by atoms with E-state index in [1.54, 1.807) is 0 Å². The highest BCUT2D eigenvalue weighted by Crippen LogP contribution is 2.29. The molecule has 1 fully saturated rings. The van der Waals surface area contributed by atoms with Gasteiger partial charge in [0.05, 0.1) is 6.61 Å². The number of ether oxygens (including phenoxy) is 1. The first-order chi connectivity index (χ1) is 7.09. The SMILES string of the molecule is CCNCC1(CN(C)C(C)C)CCOC1. The van der Waals surface area contributed by atoms with E-state index in [1.807, 2.05) is 0 Å². The summed E-state index contributed by atoms with van der Waals surface area (Å²) in [6, 6.07) is 0.615. The molecule has 0 spiro atoms. The summed E-state index contributed by atoms with van der Waals surface area (Å²) in [5, 5.41) is 3.47. The van der Waals surface area contributed by atoms with E-state index in [-0.39, 0.29) is 0 Å². The Hall–Kier alpha value is -0.120. The van der Waals surface area contributed by atoms with Crippen molar-refractivity contribution >= 4 is 0 Å². The van der Waals surface area contributed by atoms with Crippen molar-refractivity contribution in [1.29, 1.82) is 0 Å². The standard InChI is InChI=1S/C12H26N2O/c1-5-13-8-12(6-7-15-10-12)9-14(4)11(2)3/h11,13H,5-10H2,1-4H3. The van der Waals surface area contributed by atoms with Crippen LogP contribution in [0.25, 0.3) is 0 Å². The molecule has 0 aromatic carbocycles. The molecule has 1 N–H and O–H groups in total. The molecule has 3 nitrogen and oxygen atoms in total. The topological polar surface area (TPSA) is 24.5 Å². The second-order valence-corrected chi connectivity index (χ2v) is 5.09. The van der Waals surface area contributed by atoms with Gasteiger partial charge in [-0.2, -0.15) is 0 Å². The van der Waals surface area contributed by atoms with E-state index >= 15 is 0 Å². The third-order valence-corrected chi connectivity index (χ3v) is 3.40. The minimum atomic E-state index is 0.342. The molecule has 1 heterocycles. The predicted octanol–water partition coefficient (Wildman–Crippen LogP) is 1.34. The van der Waals surface area contributed by atoms with Gasteiger partial charge in [-0.15, -0.1) is 0 Å². The van der Waals surface area contributed by atoms with Gasteiger partial charge >= 0.3 is 0 Å². The summed E-state index contributed by atoms with van der Waals surface area (Å²) in [6.45, 7) is 11.8. The lowest BCUT2D eigenvalue weighted by Crippen LogP contribution is -2.45. The Morgan fingerprint density at radius 3 is 2.67 bits per heavy atom. The number of nitrogens with one attached hydrogen (secondary N) is 1. The zero-order chi connectivity index (χ0) is 11.3. The van der Waals surface area contributed by atoms with Crippen LogP contribution in [-0.2, 0) is 4.74 Å². The highest BCUT2D eigenvalue weighted by Gasteiger charge is 2.35. The van der Waals surface area contributed by atoms with Crippen LogP contribution in [0.15, 0.2) is 0 Å². The lowest BCUT2D eigenvalue weighted by atomic mass is 9.86. The summed E-state index contributed by atoms with van der Waals surface area (Å²) < 4.78 is 5.57. The minimum Gasteiger partial charge on any atom is -0.381 e. The second kappa shape index (κ2) is 5.83.